The van der Waals surface area contributed by atoms with Gasteiger partial charge in [-0.25, -0.2) is 0 Å². The molecule has 0 fully saturated rings. The van der Waals surface area contributed by atoms with Gasteiger partial charge in [-0.2, -0.15) is 0 Å². The van der Waals surface area contributed by atoms with Gasteiger partial charge in [0.1, 0.15) is 0 Å². The maximum Gasteiger partial charge on any atom is -0.00264 e. The second-order valence-corrected chi connectivity index (χ2v) is 10.2. The van der Waals surface area contributed by atoms with Crippen molar-refractivity contribution in [1.29, 1.82) is 0 Å². The average molecular weight is 509 g/mol. The highest BCUT2D eigenvalue weighted by Gasteiger charge is 2.12. The zero-order valence-corrected chi connectivity index (χ0v) is 22.2. The molecule has 0 amide bonds. The van der Waals surface area contributed by atoms with Crippen molar-refractivity contribution in [3.05, 3.63) is 170 Å². The van der Waals surface area contributed by atoms with E-state index in [-0.39, 0.29) is 0 Å². The second kappa shape index (κ2) is 10.5. The number of hydrogen-bond acceptors (Lipinski definition) is 0. The molecule has 0 atom stereocenters. The van der Waals surface area contributed by atoms with Crippen LogP contribution in [0.3, 0.4) is 0 Å². The summed E-state index contributed by atoms with van der Waals surface area (Å²) < 4.78 is 0. The van der Waals surface area contributed by atoms with E-state index in [1.165, 1.54) is 65.3 Å². The van der Waals surface area contributed by atoms with Gasteiger partial charge in [-0.1, -0.05) is 152 Å². The molecule has 0 aromatic heterocycles. The van der Waals surface area contributed by atoms with Crippen molar-refractivity contribution in [2.75, 3.05) is 0 Å². The van der Waals surface area contributed by atoms with Gasteiger partial charge in [0, 0.05) is 0 Å². The predicted octanol–water partition coefficient (Wildman–Crippen LogP) is 11.3. The number of rotatable bonds is 2. The van der Waals surface area contributed by atoms with Gasteiger partial charge in [-0.15, -0.1) is 0 Å². The van der Waals surface area contributed by atoms with Crippen LogP contribution in [0, 0.1) is 0 Å². The standard InChI is InChI=1S/C30H20.C10H8/c1-2-8-21(9-3-1)24-15-16-26-19-25-12-6-7-13-28(25)30(29(26)20-24)27-17-14-22-10-4-5-11-23(22)18-27;1-2-6-10-8-4-3-7-9(10)5-1/h1-20H;1-8H. The van der Waals surface area contributed by atoms with Gasteiger partial charge >= 0.3 is 0 Å². The van der Waals surface area contributed by atoms with E-state index in [0.717, 1.165) is 0 Å². The van der Waals surface area contributed by atoms with Crippen LogP contribution in [0.25, 0.3) is 65.3 Å². The Balaban J connectivity index is 0.000000222. The Morgan fingerprint density at radius 1 is 0.225 bits per heavy atom. The lowest BCUT2D eigenvalue weighted by Crippen LogP contribution is -1.87. The fraction of sp³-hybridized carbons (Fsp3) is 0. The molecule has 8 aromatic rings. The smallest absolute Gasteiger partial charge is 0.00264 e. The van der Waals surface area contributed by atoms with E-state index in [4.69, 9.17) is 0 Å². The lowest BCUT2D eigenvalue weighted by molar-refractivity contribution is 1.64. The highest BCUT2D eigenvalue weighted by Crippen LogP contribution is 2.39. The first kappa shape index (κ1) is 23.9. The van der Waals surface area contributed by atoms with Gasteiger partial charge in [0.15, 0.2) is 0 Å². The van der Waals surface area contributed by atoms with Crippen molar-refractivity contribution in [2.45, 2.75) is 0 Å². The molecule has 0 saturated carbocycles. The maximum absolute atomic E-state index is 2.35. The molecule has 0 radical (unpaired) electrons. The molecule has 0 aliphatic heterocycles. The summed E-state index contributed by atoms with van der Waals surface area (Å²) in [5.41, 5.74) is 5.07. The largest absolute Gasteiger partial charge is 0.0622 e. The first-order chi connectivity index (χ1) is 19.8. The van der Waals surface area contributed by atoms with Crippen LogP contribution in [0.2, 0.25) is 0 Å². The Labute approximate surface area is 234 Å². The van der Waals surface area contributed by atoms with E-state index in [0.29, 0.717) is 0 Å². The second-order valence-electron chi connectivity index (χ2n) is 10.2. The molecule has 188 valence electrons. The Morgan fingerprint density at radius 2 is 0.700 bits per heavy atom. The first-order valence-electron chi connectivity index (χ1n) is 13.8. The third kappa shape index (κ3) is 4.61. The molecule has 0 heterocycles. The van der Waals surface area contributed by atoms with Gasteiger partial charge in [-0.05, 0) is 83.5 Å². The Kier molecular flexibility index (Phi) is 6.28. The summed E-state index contributed by atoms with van der Waals surface area (Å²) in [5.74, 6) is 0. The van der Waals surface area contributed by atoms with E-state index >= 15 is 0 Å². The molecule has 8 aromatic carbocycles. The summed E-state index contributed by atoms with van der Waals surface area (Å²) in [6.07, 6.45) is 0. The van der Waals surface area contributed by atoms with Crippen LogP contribution in [-0.4, -0.2) is 0 Å². The van der Waals surface area contributed by atoms with Crippen LogP contribution >= 0.6 is 0 Å². The zero-order chi connectivity index (χ0) is 26.7. The summed E-state index contributed by atoms with van der Waals surface area (Å²) in [6, 6.07) is 60.6. The van der Waals surface area contributed by atoms with Crippen molar-refractivity contribution >= 4 is 43.1 Å². The van der Waals surface area contributed by atoms with Gasteiger partial charge in [0.2, 0.25) is 0 Å². The number of benzene rings is 8. The molecule has 0 aliphatic rings. The minimum absolute atomic E-state index is 1.25. The topological polar surface area (TPSA) is 0 Å². The van der Waals surface area contributed by atoms with Gasteiger partial charge < -0.3 is 0 Å². The Hall–Kier alpha value is -5.20. The number of hydrogen-bond donors (Lipinski definition) is 0. The van der Waals surface area contributed by atoms with Crippen LogP contribution in [0.1, 0.15) is 0 Å². The average Bonchev–Trinajstić information content (AvgIpc) is 3.04. The number of fused-ring (bicyclic) bond motifs is 4. The molecule has 0 aliphatic carbocycles. The minimum atomic E-state index is 1.25. The van der Waals surface area contributed by atoms with Crippen LogP contribution in [0.15, 0.2) is 170 Å². The quantitative estimate of drug-likeness (QED) is 0.204. The summed E-state index contributed by atoms with van der Waals surface area (Å²) in [4.78, 5) is 0. The molecule has 0 heteroatoms. The summed E-state index contributed by atoms with van der Waals surface area (Å²) >= 11 is 0. The fourth-order valence-corrected chi connectivity index (χ4v) is 5.66. The van der Waals surface area contributed by atoms with Crippen LogP contribution in [-0.2, 0) is 0 Å². The zero-order valence-electron chi connectivity index (χ0n) is 22.2. The minimum Gasteiger partial charge on any atom is -0.0622 e. The van der Waals surface area contributed by atoms with Crippen molar-refractivity contribution in [1.82, 2.24) is 0 Å². The predicted molar refractivity (Wildman–Crippen MR) is 174 cm³/mol. The third-order valence-electron chi connectivity index (χ3n) is 7.67. The third-order valence-corrected chi connectivity index (χ3v) is 7.67. The van der Waals surface area contributed by atoms with Crippen LogP contribution in [0.4, 0.5) is 0 Å². The molecule has 8 rings (SSSR count). The molecule has 0 N–H and O–H groups in total. The maximum atomic E-state index is 2.35. The van der Waals surface area contributed by atoms with E-state index < -0.39 is 0 Å². The van der Waals surface area contributed by atoms with Crippen molar-refractivity contribution in [3.8, 4) is 22.3 Å². The highest BCUT2D eigenvalue weighted by atomic mass is 14.2. The Bertz CT molecular complexity index is 2040. The highest BCUT2D eigenvalue weighted by molar-refractivity contribution is 6.14. The molecular formula is C40H28. The van der Waals surface area contributed by atoms with Crippen molar-refractivity contribution in [2.24, 2.45) is 0 Å². The van der Waals surface area contributed by atoms with E-state index in [9.17, 15) is 0 Å². The van der Waals surface area contributed by atoms with Crippen molar-refractivity contribution in [3.63, 3.8) is 0 Å². The van der Waals surface area contributed by atoms with E-state index in [1.807, 2.05) is 0 Å². The summed E-state index contributed by atoms with van der Waals surface area (Å²) in [7, 11) is 0. The molecule has 0 bridgehead atoms. The van der Waals surface area contributed by atoms with Gasteiger partial charge in [0.05, 0.1) is 0 Å². The SMILES string of the molecule is c1ccc(-c2ccc3cc4ccccc4c(-c4ccc5ccccc5c4)c3c2)cc1.c1ccc2ccccc2c1. The normalized spacial score (nSPS) is 11.0. The summed E-state index contributed by atoms with van der Waals surface area (Å²) in [5, 5.41) is 10.3. The van der Waals surface area contributed by atoms with Crippen molar-refractivity contribution < 1.29 is 0 Å². The molecule has 0 unspecified atom stereocenters. The monoisotopic (exact) mass is 508 g/mol. The Morgan fingerprint density at radius 3 is 1.38 bits per heavy atom. The van der Waals surface area contributed by atoms with E-state index in [1.54, 1.807) is 0 Å². The molecule has 40 heavy (non-hydrogen) atoms. The molecule has 0 saturated heterocycles. The first-order valence-corrected chi connectivity index (χ1v) is 13.8. The van der Waals surface area contributed by atoms with Gasteiger partial charge in [0.25, 0.3) is 0 Å². The van der Waals surface area contributed by atoms with E-state index in [2.05, 4.69) is 170 Å². The molecule has 0 nitrogen and oxygen atoms in total. The fourth-order valence-electron chi connectivity index (χ4n) is 5.66. The lowest BCUT2D eigenvalue weighted by Gasteiger charge is -2.14. The molecule has 0 spiro atoms. The summed E-state index contributed by atoms with van der Waals surface area (Å²) in [6.45, 7) is 0. The lowest BCUT2D eigenvalue weighted by atomic mass is 9.89. The molecular weight excluding hydrogens is 480 g/mol. The van der Waals surface area contributed by atoms with Crippen LogP contribution < -0.4 is 0 Å². The van der Waals surface area contributed by atoms with Gasteiger partial charge in [-0.3, -0.25) is 0 Å². The van der Waals surface area contributed by atoms with Crippen LogP contribution in [0.5, 0.6) is 0 Å².